The van der Waals surface area contributed by atoms with Crippen molar-refractivity contribution in [2.45, 2.75) is 64.7 Å². The van der Waals surface area contributed by atoms with Crippen molar-refractivity contribution < 1.29 is 14.3 Å². The number of benzene rings is 1. The number of rotatable bonds is 9. The number of carbonyl (C=O) groups is 2. The number of carbonyl (C=O) groups excluding carboxylic acids is 2. The van der Waals surface area contributed by atoms with Gasteiger partial charge in [-0.05, 0) is 62.5 Å². The molecule has 3 rings (SSSR count). The second-order valence-electron chi connectivity index (χ2n) is 9.03. The van der Waals surface area contributed by atoms with Crippen LogP contribution in [0.5, 0.6) is 5.75 Å². The molecule has 0 aromatic heterocycles. The molecule has 166 valence electrons. The number of nitrogens with one attached hydrogen (secondary N) is 1. The Morgan fingerprint density at radius 2 is 1.70 bits per heavy atom. The molecule has 0 atom stereocenters. The van der Waals surface area contributed by atoms with Crippen LogP contribution in [0.1, 0.15) is 64.7 Å². The number of amides is 2. The summed E-state index contributed by atoms with van der Waals surface area (Å²) in [5, 5.41) is 3.20. The molecule has 1 aromatic rings. The summed E-state index contributed by atoms with van der Waals surface area (Å²) < 4.78 is 5.57. The van der Waals surface area contributed by atoms with Gasteiger partial charge in [-0.1, -0.05) is 44.4 Å². The summed E-state index contributed by atoms with van der Waals surface area (Å²) in [6, 6.07) is 9.45. The summed E-state index contributed by atoms with van der Waals surface area (Å²) in [6.07, 6.45) is 10.3. The first-order valence-corrected chi connectivity index (χ1v) is 11.9. The largest absolute Gasteiger partial charge is 0.484 e. The van der Waals surface area contributed by atoms with Gasteiger partial charge in [0.15, 0.2) is 6.61 Å². The first-order chi connectivity index (χ1) is 14.7. The molecular weight excluding hydrogens is 376 g/mol. The van der Waals surface area contributed by atoms with Crippen molar-refractivity contribution in [2.75, 3.05) is 26.2 Å². The van der Waals surface area contributed by atoms with E-state index in [9.17, 15) is 9.59 Å². The number of piperidine rings is 1. The number of hydrogen-bond acceptors (Lipinski definition) is 3. The minimum Gasteiger partial charge on any atom is -0.484 e. The van der Waals surface area contributed by atoms with Crippen LogP contribution >= 0.6 is 0 Å². The summed E-state index contributed by atoms with van der Waals surface area (Å²) in [5.74, 6) is 2.53. The third-order valence-electron chi connectivity index (χ3n) is 6.82. The number of nitrogens with zero attached hydrogens (tertiary/aromatic N) is 1. The van der Waals surface area contributed by atoms with Crippen LogP contribution < -0.4 is 10.1 Å². The topological polar surface area (TPSA) is 58.6 Å². The van der Waals surface area contributed by atoms with E-state index in [2.05, 4.69) is 12.2 Å². The number of likely N-dealkylation sites (tertiary alicyclic amines) is 1. The van der Waals surface area contributed by atoms with Gasteiger partial charge >= 0.3 is 0 Å². The molecule has 5 nitrogen and oxygen atoms in total. The van der Waals surface area contributed by atoms with E-state index in [4.69, 9.17) is 4.74 Å². The molecule has 0 radical (unpaired) electrons. The minimum atomic E-state index is 0.0428. The van der Waals surface area contributed by atoms with Crippen LogP contribution in [0.25, 0.3) is 0 Å². The van der Waals surface area contributed by atoms with Gasteiger partial charge in [-0.2, -0.15) is 0 Å². The fourth-order valence-corrected chi connectivity index (χ4v) is 4.73. The Hall–Kier alpha value is -2.04. The lowest BCUT2D eigenvalue weighted by atomic mass is 9.79. The summed E-state index contributed by atoms with van der Waals surface area (Å²) in [5.41, 5.74) is 0. The lowest BCUT2D eigenvalue weighted by Crippen LogP contribution is -2.44. The Kier molecular flexibility index (Phi) is 9.03. The van der Waals surface area contributed by atoms with Gasteiger partial charge in [0.2, 0.25) is 5.91 Å². The molecule has 0 unspecified atom stereocenters. The van der Waals surface area contributed by atoms with Gasteiger partial charge in [0.05, 0.1) is 0 Å². The predicted molar refractivity (Wildman–Crippen MR) is 119 cm³/mol. The molecule has 1 aromatic carbocycles. The van der Waals surface area contributed by atoms with Crippen LogP contribution in [0.2, 0.25) is 0 Å². The third-order valence-corrected chi connectivity index (χ3v) is 6.82. The van der Waals surface area contributed by atoms with Crippen molar-refractivity contribution in [1.82, 2.24) is 10.2 Å². The van der Waals surface area contributed by atoms with E-state index in [1.807, 2.05) is 35.2 Å². The molecule has 2 fully saturated rings. The zero-order valence-corrected chi connectivity index (χ0v) is 18.5. The summed E-state index contributed by atoms with van der Waals surface area (Å²) in [7, 11) is 0. The Morgan fingerprint density at radius 3 is 2.37 bits per heavy atom. The fourth-order valence-electron chi connectivity index (χ4n) is 4.73. The van der Waals surface area contributed by atoms with Gasteiger partial charge in [-0.15, -0.1) is 0 Å². The zero-order chi connectivity index (χ0) is 21.2. The van der Waals surface area contributed by atoms with Gasteiger partial charge < -0.3 is 15.0 Å². The first-order valence-electron chi connectivity index (χ1n) is 11.9. The van der Waals surface area contributed by atoms with E-state index in [0.29, 0.717) is 5.92 Å². The van der Waals surface area contributed by atoms with Crippen molar-refractivity contribution in [3.8, 4) is 5.75 Å². The highest BCUT2D eigenvalue weighted by Gasteiger charge is 2.27. The van der Waals surface area contributed by atoms with Crippen LogP contribution in [-0.4, -0.2) is 43.0 Å². The first kappa shape index (κ1) is 22.6. The summed E-state index contributed by atoms with van der Waals surface area (Å²) in [4.78, 5) is 26.8. The second kappa shape index (κ2) is 12.0. The number of ether oxygens (including phenoxy) is 1. The summed E-state index contributed by atoms with van der Waals surface area (Å²) >= 11 is 0. The number of para-hydroxylation sites is 1. The van der Waals surface area contributed by atoms with Crippen molar-refractivity contribution in [3.63, 3.8) is 0 Å². The highest BCUT2D eigenvalue weighted by molar-refractivity contribution is 5.79. The molecular formula is C25H38N2O3. The van der Waals surface area contributed by atoms with Crippen LogP contribution in [-0.2, 0) is 9.59 Å². The minimum absolute atomic E-state index is 0.0428. The molecule has 1 N–H and O–H groups in total. The van der Waals surface area contributed by atoms with Crippen molar-refractivity contribution in [3.05, 3.63) is 30.3 Å². The molecule has 30 heavy (non-hydrogen) atoms. The van der Waals surface area contributed by atoms with E-state index in [-0.39, 0.29) is 24.3 Å². The average Bonchev–Trinajstić information content (AvgIpc) is 2.81. The lowest BCUT2D eigenvalue weighted by Gasteiger charge is -2.33. The Labute approximate surface area is 181 Å². The summed E-state index contributed by atoms with van der Waals surface area (Å²) in [6.45, 7) is 4.58. The molecule has 2 amide bonds. The molecule has 1 saturated carbocycles. The van der Waals surface area contributed by atoms with Crippen LogP contribution in [0.15, 0.2) is 30.3 Å². The van der Waals surface area contributed by atoms with Gasteiger partial charge in [0.1, 0.15) is 5.75 Å². The van der Waals surface area contributed by atoms with E-state index in [0.717, 1.165) is 57.0 Å². The molecule has 1 aliphatic heterocycles. The average molecular weight is 415 g/mol. The van der Waals surface area contributed by atoms with Crippen molar-refractivity contribution in [1.29, 1.82) is 0 Å². The molecule has 1 heterocycles. The highest BCUT2D eigenvalue weighted by Crippen LogP contribution is 2.32. The third kappa shape index (κ3) is 7.03. The Morgan fingerprint density at radius 1 is 1.00 bits per heavy atom. The van der Waals surface area contributed by atoms with Gasteiger partial charge in [-0.25, -0.2) is 0 Å². The van der Waals surface area contributed by atoms with Gasteiger partial charge in [0, 0.05) is 25.6 Å². The molecule has 1 saturated heterocycles. The maximum atomic E-state index is 12.6. The number of hydrogen-bond donors (Lipinski definition) is 1. The monoisotopic (exact) mass is 414 g/mol. The van der Waals surface area contributed by atoms with Gasteiger partial charge in [0.25, 0.3) is 5.91 Å². The normalized spacial score (nSPS) is 22.5. The lowest BCUT2D eigenvalue weighted by molar-refractivity contribution is -0.135. The fraction of sp³-hybridized carbons (Fsp3) is 0.680. The second-order valence-corrected chi connectivity index (χ2v) is 9.03. The van der Waals surface area contributed by atoms with Crippen LogP contribution in [0.4, 0.5) is 0 Å². The maximum Gasteiger partial charge on any atom is 0.260 e. The molecule has 5 heteroatoms. The molecule has 0 bridgehead atoms. The quantitative estimate of drug-likeness (QED) is 0.651. The SMILES string of the molecule is CCCCC1CCC(C(=O)NCC2CCN(C(=O)COc3ccccc3)CC2)CC1. The smallest absolute Gasteiger partial charge is 0.260 e. The molecule has 2 aliphatic rings. The van der Waals surface area contributed by atoms with Gasteiger partial charge in [-0.3, -0.25) is 9.59 Å². The van der Waals surface area contributed by atoms with E-state index in [1.54, 1.807) is 0 Å². The van der Waals surface area contributed by atoms with E-state index in [1.165, 1.54) is 32.1 Å². The standard InChI is InChI=1S/C25H38N2O3/c1-2-3-7-20-10-12-22(13-11-20)25(29)26-18-21-14-16-27(17-15-21)24(28)19-30-23-8-5-4-6-9-23/h4-6,8-9,20-22H,2-3,7,10-19H2,1H3,(H,26,29). The van der Waals surface area contributed by atoms with Crippen LogP contribution in [0, 0.1) is 17.8 Å². The van der Waals surface area contributed by atoms with E-state index >= 15 is 0 Å². The highest BCUT2D eigenvalue weighted by atomic mass is 16.5. The van der Waals surface area contributed by atoms with Crippen molar-refractivity contribution >= 4 is 11.8 Å². The Balaban J connectivity index is 1.29. The zero-order valence-electron chi connectivity index (χ0n) is 18.5. The van der Waals surface area contributed by atoms with Crippen molar-refractivity contribution in [2.24, 2.45) is 17.8 Å². The van der Waals surface area contributed by atoms with Crippen LogP contribution in [0.3, 0.4) is 0 Å². The van der Waals surface area contributed by atoms with E-state index < -0.39 is 0 Å². The predicted octanol–water partition coefficient (Wildman–Crippen LogP) is 4.42. The number of unbranched alkanes of at least 4 members (excludes halogenated alkanes) is 1. The molecule has 0 spiro atoms. The molecule has 1 aliphatic carbocycles. The maximum absolute atomic E-state index is 12.6. The Bertz CT molecular complexity index is 648.